The number of carboxylic acid groups (broad SMARTS) is 1. The summed E-state index contributed by atoms with van der Waals surface area (Å²) in [5.74, 6) is -1.81. The predicted molar refractivity (Wildman–Crippen MR) is 93.5 cm³/mol. The van der Waals surface area contributed by atoms with Crippen LogP contribution >= 0.6 is 11.6 Å². The number of hydrogen-bond donors (Lipinski definition) is 2. The van der Waals surface area contributed by atoms with E-state index in [4.69, 9.17) is 16.7 Å². The van der Waals surface area contributed by atoms with E-state index in [9.17, 15) is 18.0 Å². The molecule has 6 nitrogen and oxygen atoms in total. The molecule has 132 valence electrons. The average Bonchev–Trinajstić information content (AvgIpc) is 2.53. The molecule has 0 fully saturated rings. The maximum atomic E-state index is 12.6. The number of nitrogens with one attached hydrogen (secondary N) is 1. The second-order valence-corrected chi connectivity index (χ2v) is 7.81. The van der Waals surface area contributed by atoms with Crippen LogP contribution in [0.1, 0.15) is 28.4 Å². The van der Waals surface area contributed by atoms with Crippen LogP contribution in [0.4, 0.5) is 0 Å². The monoisotopic (exact) mass is 381 g/mol. The number of sulfone groups is 1. The van der Waals surface area contributed by atoms with Gasteiger partial charge >= 0.3 is 5.97 Å². The number of benzene rings is 2. The highest BCUT2D eigenvalue weighted by Crippen LogP contribution is 2.26. The zero-order chi connectivity index (χ0) is 18.6. The lowest BCUT2D eigenvalue weighted by molar-refractivity contribution is -0.137. The molecule has 0 aromatic heterocycles. The first-order valence-corrected chi connectivity index (χ1v) is 9.53. The van der Waals surface area contributed by atoms with Gasteiger partial charge in [0.2, 0.25) is 0 Å². The predicted octanol–water partition coefficient (Wildman–Crippen LogP) is 2.69. The van der Waals surface area contributed by atoms with Crippen molar-refractivity contribution in [3.05, 3.63) is 64.7 Å². The molecule has 2 rings (SSSR count). The normalized spacial score (nSPS) is 12.4. The van der Waals surface area contributed by atoms with E-state index in [1.807, 2.05) is 0 Å². The number of amides is 1. The summed E-state index contributed by atoms with van der Waals surface area (Å²) in [6.45, 7) is 0. The second kappa shape index (κ2) is 7.67. The summed E-state index contributed by atoms with van der Waals surface area (Å²) in [5.41, 5.74) is 0.393. The van der Waals surface area contributed by atoms with Gasteiger partial charge in [-0.05, 0) is 23.8 Å². The van der Waals surface area contributed by atoms with Crippen LogP contribution < -0.4 is 5.32 Å². The number of halogens is 1. The standard InChI is InChI=1S/C17H16ClNO5S/c1-25(23,24)15-9-5-3-7-12(15)17(22)19-14(10-16(20)21)11-6-2-4-8-13(11)18/h2-9,14H,10H2,1H3,(H,19,22)(H,20,21). The van der Waals surface area contributed by atoms with E-state index in [0.717, 1.165) is 6.26 Å². The summed E-state index contributed by atoms with van der Waals surface area (Å²) in [4.78, 5) is 23.6. The lowest BCUT2D eigenvalue weighted by atomic mass is 10.0. The Labute approximate surface area is 150 Å². The molecular weight excluding hydrogens is 366 g/mol. The highest BCUT2D eigenvalue weighted by atomic mass is 35.5. The van der Waals surface area contributed by atoms with Crippen molar-refractivity contribution in [1.29, 1.82) is 0 Å². The Morgan fingerprint density at radius 2 is 1.72 bits per heavy atom. The summed E-state index contributed by atoms with van der Waals surface area (Å²) in [7, 11) is -3.61. The smallest absolute Gasteiger partial charge is 0.305 e. The number of rotatable bonds is 6. The number of aliphatic carboxylic acids is 1. The summed E-state index contributed by atoms with van der Waals surface area (Å²) < 4.78 is 23.7. The molecule has 0 aliphatic heterocycles. The van der Waals surface area contributed by atoms with E-state index in [1.165, 1.54) is 24.3 Å². The van der Waals surface area contributed by atoms with Gasteiger partial charge in [-0.3, -0.25) is 9.59 Å². The van der Waals surface area contributed by atoms with Crippen LogP contribution in [0, 0.1) is 0 Å². The third-order valence-corrected chi connectivity index (χ3v) is 5.00. The van der Waals surface area contributed by atoms with Crippen LogP contribution in [0.15, 0.2) is 53.4 Å². The Bertz CT molecular complexity index is 911. The van der Waals surface area contributed by atoms with Crippen molar-refractivity contribution in [2.24, 2.45) is 0 Å². The molecule has 2 aromatic rings. The highest BCUT2D eigenvalue weighted by Gasteiger charge is 2.24. The quantitative estimate of drug-likeness (QED) is 0.801. The van der Waals surface area contributed by atoms with Crippen LogP contribution in [0.2, 0.25) is 5.02 Å². The fourth-order valence-electron chi connectivity index (χ4n) is 2.38. The van der Waals surface area contributed by atoms with E-state index in [0.29, 0.717) is 10.6 Å². The van der Waals surface area contributed by atoms with Crippen molar-refractivity contribution < 1.29 is 23.1 Å². The van der Waals surface area contributed by atoms with Crippen LogP contribution in [-0.4, -0.2) is 31.7 Å². The Balaban J connectivity index is 2.39. The average molecular weight is 382 g/mol. The maximum Gasteiger partial charge on any atom is 0.305 e. The molecule has 1 atom stereocenters. The van der Waals surface area contributed by atoms with E-state index < -0.39 is 34.2 Å². The van der Waals surface area contributed by atoms with Gasteiger partial charge in [0.25, 0.3) is 5.91 Å². The molecule has 8 heteroatoms. The fraction of sp³-hybridized carbons (Fsp3) is 0.176. The SMILES string of the molecule is CS(=O)(=O)c1ccccc1C(=O)NC(CC(=O)O)c1ccccc1Cl. The molecular formula is C17H16ClNO5S. The van der Waals surface area contributed by atoms with Crippen molar-refractivity contribution in [2.75, 3.05) is 6.26 Å². The lowest BCUT2D eigenvalue weighted by Gasteiger charge is -2.19. The molecule has 2 N–H and O–H groups in total. The molecule has 0 bridgehead atoms. The van der Waals surface area contributed by atoms with Crippen LogP contribution in [-0.2, 0) is 14.6 Å². The zero-order valence-electron chi connectivity index (χ0n) is 13.3. The summed E-state index contributed by atoms with van der Waals surface area (Å²) in [6, 6.07) is 11.4. The molecule has 0 aliphatic rings. The number of hydrogen-bond acceptors (Lipinski definition) is 4. The van der Waals surface area contributed by atoms with Gasteiger partial charge in [0, 0.05) is 11.3 Å². The topological polar surface area (TPSA) is 101 Å². The minimum Gasteiger partial charge on any atom is -0.481 e. The first-order valence-electron chi connectivity index (χ1n) is 7.26. The molecule has 1 unspecified atom stereocenters. The van der Waals surface area contributed by atoms with Gasteiger partial charge in [0.15, 0.2) is 9.84 Å². The first-order chi connectivity index (χ1) is 11.7. The zero-order valence-corrected chi connectivity index (χ0v) is 14.8. The van der Waals surface area contributed by atoms with Crippen LogP contribution in [0.5, 0.6) is 0 Å². The first kappa shape index (κ1) is 19.0. The Morgan fingerprint density at radius 3 is 2.32 bits per heavy atom. The molecule has 0 saturated heterocycles. The van der Waals surface area contributed by atoms with Crippen LogP contribution in [0.25, 0.3) is 0 Å². The number of carbonyl (C=O) groups is 2. The van der Waals surface area contributed by atoms with E-state index in [1.54, 1.807) is 24.3 Å². The van der Waals surface area contributed by atoms with Crippen molar-refractivity contribution in [2.45, 2.75) is 17.4 Å². The minimum absolute atomic E-state index is 0.0487. The highest BCUT2D eigenvalue weighted by molar-refractivity contribution is 7.90. The summed E-state index contributed by atoms with van der Waals surface area (Å²) in [5, 5.41) is 12.0. The van der Waals surface area contributed by atoms with E-state index in [-0.39, 0.29) is 10.5 Å². The van der Waals surface area contributed by atoms with Gasteiger partial charge < -0.3 is 10.4 Å². The third kappa shape index (κ3) is 4.80. The van der Waals surface area contributed by atoms with Gasteiger partial charge in [-0.25, -0.2) is 8.42 Å². The summed E-state index contributed by atoms with van der Waals surface area (Å²) >= 11 is 6.10. The molecule has 0 spiro atoms. The molecule has 0 aliphatic carbocycles. The van der Waals surface area contributed by atoms with Crippen molar-refractivity contribution >= 4 is 33.3 Å². The Morgan fingerprint density at radius 1 is 1.12 bits per heavy atom. The van der Waals surface area contributed by atoms with Gasteiger partial charge in [-0.15, -0.1) is 0 Å². The van der Waals surface area contributed by atoms with E-state index in [2.05, 4.69) is 5.32 Å². The lowest BCUT2D eigenvalue weighted by Crippen LogP contribution is -2.31. The van der Waals surface area contributed by atoms with Gasteiger partial charge in [0.1, 0.15) is 0 Å². The molecule has 0 radical (unpaired) electrons. The summed E-state index contributed by atoms with van der Waals surface area (Å²) in [6.07, 6.45) is 0.610. The van der Waals surface area contributed by atoms with Gasteiger partial charge in [-0.2, -0.15) is 0 Å². The Kier molecular flexibility index (Phi) is 5.81. The van der Waals surface area contributed by atoms with Crippen LogP contribution in [0.3, 0.4) is 0 Å². The minimum atomic E-state index is -3.61. The fourth-order valence-corrected chi connectivity index (χ4v) is 3.54. The molecule has 0 saturated carbocycles. The van der Waals surface area contributed by atoms with E-state index >= 15 is 0 Å². The number of carbonyl (C=O) groups excluding carboxylic acids is 1. The molecule has 2 aromatic carbocycles. The second-order valence-electron chi connectivity index (χ2n) is 5.41. The van der Waals surface area contributed by atoms with Gasteiger partial charge in [0.05, 0.1) is 22.9 Å². The Hall–Kier alpha value is -2.38. The largest absolute Gasteiger partial charge is 0.481 e. The molecule has 1 amide bonds. The van der Waals surface area contributed by atoms with Crippen molar-refractivity contribution in [1.82, 2.24) is 5.32 Å². The molecule has 25 heavy (non-hydrogen) atoms. The third-order valence-electron chi connectivity index (χ3n) is 3.50. The van der Waals surface area contributed by atoms with Crippen molar-refractivity contribution in [3.63, 3.8) is 0 Å². The molecule has 0 heterocycles. The maximum absolute atomic E-state index is 12.6. The number of carboxylic acids is 1. The van der Waals surface area contributed by atoms with Crippen molar-refractivity contribution in [3.8, 4) is 0 Å². The van der Waals surface area contributed by atoms with Gasteiger partial charge in [-0.1, -0.05) is 41.9 Å².